The summed E-state index contributed by atoms with van der Waals surface area (Å²) in [6.45, 7) is 0.480. The molecular weight excluding hydrogens is 272 g/mol. The molecule has 7 nitrogen and oxygen atoms in total. The summed E-state index contributed by atoms with van der Waals surface area (Å²) in [6.07, 6.45) is 4.26. The Labute approximate surface area is 121 Å². The second-order valence-electron chi connectivity index (χ2n) is 4.12. The van der Waals surface area contributed by atoms with Crippen molar-refractivity contribution in [1.29, 1.82) is 0 Å². The van der Waals surface area contributed by atoms with Crippen molar-refractivity contribution in [2.75, 3.05) is 13.1 Å². The molecule has 0 aliphatic heterocycles. The highest BCUT2D eigenvalue weighted by Crippen LogP contribution is 2.14. The van der Waals surface area contributed by atoms with E-state index in [1.165, 1.54) is 30.7 Å². The molecule has 3 N–H and O–H groups in total. The van der Waals surface area contributed by atoms with Crippen LogP contribution < -0.4 is 10.6 Å². The lowest BCUT2D eigenvalue weighted by Crippen LogP contribution is -2.35. The number of hydrogen-bond donors (Lipinski definition) is 3. The van der Waals surface area contributed by atoms with E-state index in [2.05, 4.69) is 20.6 Å². The number of carbonyl (C=O) groups excluding carboxylic acids is 2. The summed E-state index contributed by atoms with van der Waals surface area (Å²) in [5.41, 5.74) is 0.405. The first-order valence-electron chi connectivity index (χ1n) is 6.29. The zero-order chi connectivity index (χ0) is 15.1. The maximum atomic E-state index is 11.8. The van der Waals surface area contributed by atoms with Crippen LogP contribution in [0.3, 0.4) is 0 Å². The van der Waals surface area contributed by atoms with Gasteiger partial charge in [-0.2, -0.15) is 0 Å². The second kappa shape index (κ2) is 6.99. The Bertz CT molecular complexity index is 631. The van der Waals surface area contributed by atoms with E-state index in [1.54, 1.807) is 12.1 Å². The Morgan fingerprint density at radius 3 is 2.43 bits per heavy atom. The largest absolute Gasteiger partial charge is 0.507 e. The number of phenolic OH excluding ortho intramolecular Hbond substituents is 1. The maximum Gasteiger partial charge on any atom is 0.271 e. The standard InChI is InChI=1S/C14H14N4O3/c19-12-4-2-1-3-10(12)13(20)17-7-8-18-14(21)11-9-15-5-6-16-11/h1-6,9,19H,7-8H2,(H,17,20)(H,18,21). The van der Waals surface area contributed by atoms with Crippen molar-refractivity contribution in [3.8, 4) is 5.75 Å². The van der Waals surface area contributed by atoms with E-state index >= 15 is 0 Å². The van der Waals surface area contributed by atoms with E-state index in [9.17, 15) is 14.7 Å². The van der Waals surface area contributed by atoms with Crippen LogP contribution in [0, 0.1) is 0 Å². The lowest BCUT2D eigenvalue weighted by Gasteiger charge is -2.07. The van der Waals surface area contributed by atoms with Crippen molar-refractivity contribution in [3.63, 3.8) is 0 Å². The number of nitrogens with zero attached hydrogens (tertiary/aromatic N) is 2. The van der Waals surface area contributed by atoms with Gasteiger partial charge in [0, 0.05) is 25.5 Å². The first-order chi connectivity index (χ1) is 10.2. The van der Waals surface area contributed by atoms with Crippen molar-refractivity contribution >= 4 is 11.8 Å². The van der Waals surface area contributed by atoms with Crippen molar-refractivity contribution in [1.82, 2.24) is 20.6 Å². The van der Waals surface area contributed by atoms with Gasteiger partial charge in [0.25, 0.3) is 11.8 Å². The molecule has 108 valence electrons. The molecule has 0 fully saturated rings. The summed E-state index contributed by atoms with van der Waals surface area (Å²) in [7, 11) is 0. The maximum absolute atomic E-state index is 11.8. The molecule has 21 heavy (non-hydrogen) atoms. The minimum absolute atomic E-state index is 0.0846. The first kappa shape index (κ1) is 14.4. The van der Waals surface area contributed by atoms with Gasteiger partial charge in [-0.15, -0.1) is 0 Å². The minimum atomic E-state index is -0.401. The number of para-hydroxylation sites is 1. The summed E-state index contributed by atoms with van der Waals surface area (Å²) in [4.78, 5) is 31.1. The molecule has 0 atom stereocenters. The smallest absolute Gasteiger partial charge is 0.271 e. The average molecular weight is 286 g/mol. The third kappa shape index (κ3) is 4.00. The van der Waals surface area contributed by atoms with E-state index in [0.29, 0.717) is 0 Å². The molecule has 0 saturated carbocycles. The quantitative estimate of drug-likeness (QED) is 0.688. The van der Waals surface area contributed by atoms with Gasteiger partial charge >= 0.3 is 0 Å². The van der Waals surface area contributed by atoms with Crippen LogP contribution >= 0.6 is 0 Å². The summed E-state index contributed by atoms with van der Waals surface area (Å²) in [5.74, 6) is -0.847. The molecule has 1 heterocycles. The molecule has 0 saturated heterocycles. The molecular formula is C14H14N4O3. The molecule has 0 spiro atoms. The Hall–Kier alpha value is -2.96. The number of rotatable bonds is 5. The molecule has 0 bridgehead atoms. The van der Waals surface area contributed by atoms with Crippen LogP contribution in [-0.4, -0.2) is 40.0 Å². The molecule has 0 unspecified atom stereocenters. The van der Waals surface area contributed by atoms with Gasteiger partial charge in [0.05, 0.1) is 11.8 Å². The highest BCUT2D eigenvalue weighted by atomic mass is 16.3. The van der Waals surface area contributed by atoms with Gasteiger partial charge in [-0.05, 0) is 12.1 Å². The monoisotopic (exact) mass is 286 g/mol. The number of nitrogens with one attached hydrogen (secondary N) is 2. The fraction of sp³-hybridized carbons (Fsp3) is 0.143. The molecule has 1 aromatic heterocycles. The average Bonchev–Trinajstić information content (AvgIpc) is 2.52. The van der Waals surface area contributed by atoms with Gasteiger partial charge in [0.2, 0.25) is 0 Å². The Kier molecular flexibility index (Phi) is 4.81. The van der Waals surface area contributed by atoms with E-state index in [0.717, 1.165) is 0 Å². The molecule has 1 aromatic carbocycles. The van der Waals surface area contributed by atoms with Gasteiger partial charge in [-0.25, -0.2) is 4.98 Å². The lowest BCUT2D eigenvalue weighted by molar-refractivity contribution is 0.0923. The van der Waals surface area contributed by atoms with Crippen LogP contribution in [0.5, 0.6) is 5.75 Å². The first-order valence-corrected chi connectivity index (χ1v) is 6.29. The molecule has 2 rings (SSSR count). The minimum Gasteiger partial charge on any atom is -0.507 e. The fourth-order valence-corrected chi connectivity index (χ4v) is 1.62. The van der Waals surface area contributed by atoms with Crippen molar-refractivity contribution in [2.24, 2.45) is 0 Å². The summed E-state index contributed by atoms with van der Waals surface area (Å²) < 4.78 is 0. The highest BCUT2D eigenvalue weighted by Gasteiger charge is 2.10. The van der Waals surface area contributed by atoms with Gasteiger partial charge < -0.3 is 15.7 Å². The summed E-state index contributed by atoms with van der Waals surface area (Å²) in [5, 5.41) is 14.7. The van der Waals surface area contributed by atoms with Gasteiger partial charge in [0.15, 0.2) is 0 Å². The molecule has 7 heteroatoms. The Balaban J connectivity index is 1.76. The SMILES string of the molecule is O=C(NCCNC(=O)c1ccccc1O)c1cnccn1. The number of hydrogen-bond acceptors (Lipinski definition) is 5. The Morgan fingerprint density at radius 2 is 1.76 bits per heavy atom. The summed E-state index contributed by atoms with van der Waals surface area (Å²) in [6, 6.07) is 6.24. The van der Waals surface area contributed by atoms with Crippen molar-refractivity contribution in [2.45, 2.75) is 0 Å². The fourth-order valence-electron chi connectivity index (χ4n) is 1.62. The van der Waals surface area contributed by atoms with E-state index in [1.807, 2.05) is 0 Å². The van der Waals surface area contributed by atoms with E-state index < -0.39 is 5.91 Å². The number of carbonyl (C=O) groups is 2. The van der Waals surface area contributed by atoms with Gasteiger partial charge in [-0.1, -0.05) is 12.1 Å². The lowest BCUT2D eigenvalue weighted by atomic mass is 10.2. The van der Waals surface area contributed by atoms with Crippen LogP contribution in [0.15, 0.2) is 42.9 Å². The van der Waals surface area contributed by atoms with Crippen LogP contribution in [0.4, 0.5) is 0 Å². The number of benzene rings is 1. The van der Waals surface area contributed by atoms with Crippen LogP contribution in [0.1, 0.15) is 20.8 Å². The second-order valence-corrected chi connectivity index (χ2v) is 4.12. The third-order valence-electron chi connectivity index (χ3n) is 2.64. The number of aromatic nitrogens is 2. The molecule has 0 aliphatic rings. The van der Waals surface area contributed by atoms with E-state index in [-0.39, 0.29) is 36.0 Å². The van der Waals surface area contributed by atoms with Gasteiger partial charge in [0.1, 0.15) is 11.4 Å². The highest BCUT2D eigenvalue weighted by molar-refractivity contribution is 5.96. The van der Waals surface area contributed by atoms with E-state index in [4.69, 9.17) is 0 Å². The Morgan fingerprint density at radius 1 is 1.05 bits per heavy atom. The molecule has 2 aromatic rings. The van der Waals surface area contributed by atoms with Crippen molar-refractivity contribution in [3.05, 3.63) is 54.1 Å². The molecule has 0 aliphatic carbocycles. The number of aromatic hydroxyl groups is 1. The topological polar surface area (TPSA) is 104 Å². The van der Waals surface area contributed by atoms with Crippen molar-refractivity contribution < 1.29 is 14.7 Å². The third-order valence-corrected chi connectivity index (χ3v) is 2.64. The zero-order valence-corrected chi connectivity index (χ0v) is 11.1. The normalized spacial score (nSPS) is 9.90. The number of phenols is 1. The predicted octanol–water partition coefficient (Wildman–Crippen LogP) is 0.342. The summed E-state index contributed by atoms with van der Waals surface area (Å²) >= 11 is 0. The van der Waals surface area contributed by atoms with Crippen LogP contribution in [0.2, 0.25) is 0 Å². The number of amides is 2. The van der Waals surface area contributed by atoms with Crippen LogP contribution in [-0.2, 0) is 0 Å². The van der Waals surface area contributed by atoms with Gasteiger partial charge in [-0.3, -0.25) is 14.6 Å². The molecule has 0 radical (unpaired) electrons. The predicted molar refractivity (Wildman–Crippen MR) is 74.8 cm³/mol. The molecule has 2 amide bonds. The zero-order valence-electron chi connectivity index (χ0n) is 11.1. The van der Waals surface area contributed by atoms with Crippen LogP contribution in [0.25, 0.3) is 0 Å².